The van der Waals surface area contributed by atoms with Crippen LogP contribution in [0.25, 0.3) is 0 Å². The van der Waals surface area contributed by atoms with Gasteiger partial charge >= 0.3 is 0 Å². The lowest BCUT2D eigenvalue weighted by Crippen LogP contribution is -2.51. The lowest BCUT2D eigenvalue weighted by Gasteiger charge is -2.42. The Balaban J connectivity index is 2.06. The van der Waals surface area contributed by atoms with Crippen LogP contribution in [0.4, 0.5) is 5.82 Å². The van der Waals surface area contributed by atoms with Crippen molar-refractivity contribution in [1.82, 2.24) is 14.9 Å². The fraction of sp³-hybridized carbons (Fsp3) is 0.643. The van der Waals surface area contributed by atoms with Crippen molar-refractivity contribution in [2.75, 3.05) is 45.7 Å². The number of carbonyl (C=O) groups is 1. The van der Waals surface area contributed by atoms with E-state index in [1.54, 1.807) is 13.3 Å². The van der Waals surface area contributed by atoms with E-state index < -0.39 is 5.91 Å². The molecule has 0 radical (unpaired) electrons. The van der Waals surface area contributed by atoms with Crippen LogP contribution in [0.5, 0.6) is 0 Å². The molecule has 21 heavy (non-hydrogen) atoms. The predicted molar refractivity (Wildman–Crippen MR) is 80.3 cm³/mol. The minimum atomic E-state index is -0.555. The minimum Gasteiger partial charge on any atom is -0.377 e. The molecule has 7 nitrogen and oxygen atoms in total. The van der Waals surface area contributed by atoms with Gasteiger partial charge in [0.2, 0.25) is 0 Å². The van der Waals surface area contributed by atoms with E-state index >= 15 is 0 Å². The fourth-order valence-electron chi connectivity index (χ4n) is 2.77. The van der Waals surface area contributed by atoms with E-state index in [9.17, 15) is 4.79 Å². The van der Waals surface area contributed by atoms with Crippen molar-refractivity contribution < 1.29 is 9.53 Å². The molecule has 0 saturated carbocycles. The number of primary amides is 1. The lowest BCUT2D eigenvalue weighted by atomic mass is 9.90. The second-order valence-corrected chi connectivity index (χ2v) is 5.74. The number of hydrogen-bond acceptors (Lipinski definition) is 6. The number of piperidine rings is 1. The first-order valence-corrected chi connectivity index (χ1v) is 7.02. The number of amides is 1. The quantitative estimate of drug-likeness (QED) is 0.830. The van der Waals surface area contributed by atoms with Gasteiger partial charge in [0, 0.05) is 26.7 Å². The van der Waals surface area contributed by atoms with Gasteiger partial charge < -0.3 is 20.3 Å². The van der Waals surface area contributed by atoms with Crippen molar-refractivity contribution >= 4 is 11.7 Å². The minimum absolute atomic E-state index is 0.116. The molecule has 1 fully saturated rings. The van der Waals surface area contributed by atoms with Crippen molar-refractivity contribution in [2.45, 2.75) is 18.4 Å². The Hall–Kier alpha value is -1.73. The molecule has 1 aliphatic heterocycles. The second-order valence-electron chi connectivity index (χ2n) is 5.74. The molecule has 0 aromatic carbocycles. The first-order chi connectivity index (χ1) is 9.96. The molecule has 0 atom stereocenters. The van der Waals surface area contributed by atoms with Gasteiger partial charge in [0.05, 0.1) is 18.0 Å². The first-order valence-electron chi connectivity index (χ1n) is 7.02. The molecule has 2 rings (SSSR count). The summed E-state index contributed by atoms with van der Waals surface area (Å²) in [5.41, 5.74) is 5.33. The molecule has 1 amide bonds. The van der Waals surface area contributed by atoms with Crippen molar-refractivity contribution in [3.63, 3.8) is 0 Å². The molecule has 0 bridgehead atoms. The van der Waals surface area contributed by atoms with Crippen LogP contribution in [-0.4, -0.2) is 67.2 Å². The molecule has 1 aromatic heterocycles. The standard InChI is InChI=1S/C14H23N5O2/c1-18(2)10-14(21-3)4-6-19(7-5-14)12-9-16-8-11(17-12)13(15)20/h8-9H,4-7,10H2,1-3H3,(H2,15,20). The van der Waals surface area contributed by atoms with Crippen LogP contribution in [-0.2, 0) is 4.74 Å². The van der Waals surface area contributed by atoms with Crippen LogP contribution < -0.4 is 10.6 Å². The monoisotopic (exact) mass is 293 g/mol. The summed E-state index contributed by atoms with van der Waals surface area (Å²) in [5, 5.41) is 0. The van der Waals surface area contributed by atoms with Crippen molar-refractivity contribution in [3.8, 4) is 0 Å². The molecule has 7 heteroatoms. The molecule has 0 unspecified atom stereocenters. The molecular formula is C14H23N5O2. The normalized spacial score (nSPS) is 18.0. The van der Waals surface area contributed by atoms with E-state index in [4.69, 9.17) is 10.5 Å². The Labute approximate surface area is 125 Å². The molecule has 0 aliphatic carbocycles. The van der Waals surface area contributed by atoms with E-state index in [0.717, 1.165) is 32.5 Å². The zero-order valence-corrected chi connectivity index (χ0v) is 12.9. The number of aromatic nitrogens is 2. The Morgan fingerprint density at radius 1 is 1.43 bits per heavy atom. The number of carbonyl (C=O) groups excluding carboxylic acids is 1. The van der Waals surface area contributed by atoms with Crippen LogP contribution in [0.15, 0.2) is 12.4 Å². The van der Waals surface area contributed by atoms with Crippen LogP contribution >= 0.6 is 0 Å². The molecular weight excluding hydrogens is 270 g/mol. The van der Waals surface area contributed by atoms with Gasteiger partial charge in [0.1, 0.15) is 11.5 Å². The third kappa shape index (κ3) is 3.68. The Bertz CT molecular complexity index is 498. The van der Waals surface area contributed by atoms with E-state index in [-0.39, 0.29) is 11.3 Å². The van der Waals surface area contributed by atoms with Crippen molar-refractivity contribution in [3.05, 3.63) is 18.1 Å². The zero-order valence-electron chi connectivity index (χ0n) is 12.9. The molecule has 1 saturated heterocycles. The SMILES string of the molecule is COC1(CN(C)C)CCN(c2cncc(C(N)=O)n2)CC1. The average molecular weight is 293 g/mol. The fourth-order valence-corrected chi connectivity index (χ4v) is 2.77. The van der Waals surface area contributed by atoms with Crippen LogP contribution in [0.1, 0.15) is 23.3 Å². The van der Waals surface area contributed by atoms with Crippen LogP contribution in [0, 0.1) is 0 Å². The number of hydrogen-bond donors (Lipinski definition) is 1. The van der Waals surface area contributed by atoms with Crippen LogP contribution in [0.3, 0.4) is 0 Å². The third-order valence-electron chi connectivity index (χ3n) is 3.91. The molecule has 0 spiro atoms. The molecule has 2 N–H and O–H groups in total. The Morgan fingerprint density at radius 3 is 2.62 bits per heavy atom. The summed E-state index contributed by atoms with van der Waals surface area (Å²) in [5.74, 6) is 0.140. The highest BCUT2D eigenvalue weighted by molar-refractivity contribution is 5.90. The maximum atomic E-state index is 11.2. The number of anilines is 1. The van der Waals surface area contributed by atoms with Gasteiger partial charge in [-0.3, -0.25) is 9.78 Å². The number of ether oxygens (including phenoxy) is 1. The van der Waals surface area contributed by atoms with Crippen molar-refractivity contribution in [2.24, 2.45) is 5.73 Å². The summed E-state index contributed by atoms with van der Waals surface area (Å²) in [7, 11) is 5.87. The topological polar surface area (TPSA) is 84.6 Å². The predicted octanol–water partition coefficient (Wildman–Crippen LogP) is 0.123. The number of nitrogens with two attached hydrogens (primary N) is 1. The summed E-state index contributed by atoms with van der Waals surface area (Å²) in [6.45, 7) is 2.53. The number of rotatable bonds is 5. The highest BCUT2D eigenvalue weighted by atomic mass is 16.5. The van der Waals surface area contributed by atoms with Gasteiger partial charge in [-0.2, -0.15) is 0 Å². The highest BCUT2D eigenvalue weighted by Crippen LogP contribution is 2.28. The Morgan fingerprint density at radius 2 is 2.10 bits per heavy atom. The highest BCUT2D eigenvalue weighted by Gasteiger charge is 2.35. The molecule has 116 valence electrons. The summed E-state index contributed by atoms with van der Waals surface area (Å²) < 4.78 is 5.76. The van der Waals surface area contributed by atoms with Gasteiger partial charge in [-0.05, 0) is 26.9 Å². The van der Waals surface area contributed by atoms with Gasteiger partial charge in [0.15, 0.2) is 0 Å². The summed E-state index contributed by atoms with van der Waals surface area (Å²) >= 11 is 0. The van der Waals surface area contributed by atoms with Gasteiger partial charge in [-0.25, -0.2) is 4.98 Å². The van der Waals surface area contributed by atoms with Crippen LogP contribution in [0.2, 0.25) is 0 Å². The maximum Gasteiger partial charge on any atom is 0.268 e. The van der Waals surface area contributed by atoms with Gasteiger partial charge in [-0.15, -0.1) is 0 Å². The van der Waals surface area contributed by atoms with Gasteiger partial charge in [-0.1, -0.05) is 0 Å². The lowest BCUT2D eigenvalue weighted by molar-refractivity contribution is -0.0455. The molecule has 1 aromatic rings. The smallest absolute Gasteiger partial charge is 0.268 e. The number of nitrogens with zero attached hydrogens (tertiary/aromatic N) is 4. The summed E-state index contributed by atoms with van der Waals surface area (Å²) in [6.07, 6.45) is 4.87. The largest absolute Gasteiger partial charge is 0.377 e. The van der Waals surface area contributed by atoms with E-state index in [0.29, 0.717) is 5.82 Å². The zero-order chi connectivity index (χ0) is 15.5. The van der Waals surface area contributed by atoms with E-state index in [2.05, 4.69) is 33.9 Å². The summed E-state index contributed by atoms with van der Waals surface area (Å²) in [6, 6.07) is 0. The number of methoxy groups -OCH3 is 1. The summed E-state index contributed by atoms with van der Waals surface area (Å²) in [4.78, 5) is 23.8. The number of likely N-dealkylation sites (N-methyl/N-ethyl adjacent to an activating group) is 1. The average Bonchev–Trinajstić information content (AvgIpc) is 2.47. The second kappa shape index (κ2) is 6.36. The first kappa shape index (κ1) is 15.7. The van der Waals surface area contributed by atoms with E-state index in [1.165, 1.54) is 6.20 Å². The third-order valence-corrected chi connectivity index (χ3v) is 3.91. The molecule has 1 aliphatic rings. The molecule has 2 heterocycles. The van der Waals surface area contributed by atoms with E-state index in [1.807, 2.05) is 0 Å². The van der Waals surface area contributed by atoms with Gasteiger partial charge in [0.25, 0.3) is 5.91 Å². The maximum absolute atomic E-state index is 11.2. The van der Waals surface area contributed by atoms with Crippen molar-refractivity contribution in [1.29, 1.82) is 0 Å². The Kier molecular flexibility index (Phi) is 4.74.